The Kier molecular flexibility index (Phi) is 2.33. The van der Waals surface area contributed by atoms with Crippen molar-refractivity contribution in [1.29, 1.82) is 0 Å². The van der Waals surface area contributed by atoms with Crippen LogP contribution in [0.4, 0.5) is 16.4 Å². The lowest BCUT2D eigenvalue weighted by Crippen LogP contribution is -1.89. The fourth-order valence-electron chi connectivity index (χ4n) is 1.46. The van der Waals surface area contributed by atoms with Crippen LogP contribution in [-0.2, 0) is 0 Å². The molecule has 0 saturated heterocycles. The van der Waals surface area contributed by atoms with Gasteiger partial charge in [0, 0.05) is 12.1 Å². The fraction of sp³-hybridized carbons (Fsp3) is 0.100. The Bertz CT molecular complexity index is 680. The normalized spacial score (nSPS) is 10.8. The number of hydrogen-bond acceptors (Lipinski definition) is 7. The van der Waals surface area contributed by atoms with Crippen LogP contribution in [0.1, 0.15) is 0 Å². The third-order valence-corrected chi connectivity index (χ3v) is 2.24. The molecule has 0 unspecified atom stereocenters. The van der Waals surface area contributed by atoms with Crippen LogP contribution >= 0.6 is 0 Å². The third kappa shape index (κ3) is 1.73. The van der Waals surface area contributed by atoms with Crippen LogP contribution in [0.5, 0.6) is 5.75 Å². The SMILES string of the molecule is COc1cc2nc(Nc3nnco3)oc2cc1F. The molecule has 92 valence electrons. The van der Waals surface area contributed by atoms with Crippen molar-refractivity contribution in [1.82, 2.24) is 15.2 Å². The second-order valence-corrected chi connectivity index (χ2v) is 3.34. The van der Waals surface area contributed by atoms with E-state index in [1.165, 1.54) is 19.2 Å². The molecule has 0 radical (unpaired) electrons. The number of oxazole rings is 1. The first kappa shape index (κ1) is 10.5. The van der Waals surface area contributed by atoms with Crippen LogP contribution in [0.25, 0.3) is 11.1 Å². The third-order valence-electron chi connectivity index (χ3n) is 2.24. The quantitative estimate of drug-likeness (QED) is 0.761. The highest BCUT2D eigenvalue weighted by Crippen LogP contribution is 2.27. The predicted molar refractivity (Wildman–Crippen MR) is 58.1 cm³/mol. The highest BCUT2D eigenvalue weighted by molar-refractivity contribution is 5.76. The van der Waals surface area contributed by atoms with Gasteiger partial charge in [0.1, 0.15) is 5.52 Å². The number of methoxy groups -OCH3 is 1. The summed E-state index contributed by atoms with van der Waals surface area (Å²) in [6.45, 7) is 0. The van der Waals surface area contributed by atoms with Crippen molar-refractivity contribution in [3.63, 3.8) is 0 Å². The maximum absolute atomic E-state index is 13.4. The van der Waals surface area contributed by atoms with Gasteiger partial charge in [-0.2, -0.15) is 4.98 Å². The molecule has 0 aliphatic carbocycles. The first-order valence-corrected chi connectivity index (χ1v) is 4.93. The van der Waals surface area contributed by atoms with Crippen LogP contribution in [0, 0.1) is 5.82 Å². The number of aromatic nitrogens is 3. The largest absolute Gasteiger partial charge is 0.494 e. The summed E-state index contributed by atoms with van der Waals surface area (Å²) >= 11 is 0. The first-order chi connectivity index (χ1) is 8.76. The van der Waals surface area contributed by atoms with Crippen LogP contribution in [0.15, 0.2) is 27.4 Å². The molecule has 0 aliphatic heterocycles. The molecule has 1 N–H and O–H groups in total. The minimum atomic E-state index is -0.523. The Morgan fingerprint density at radius 2 is 2.22 bits per heavy atom. The van der Waals surface area contributed by atoms with Gasteiger partial charge in [-0.05, 0) is 0 Å². The molecule has 0 saturated carbocycles. The molecule has 0 atom stereocenters. The molecule has 0 aliphatic rings. The average molecular weight is 250 g/mol. The molecule has 3 aromatic rings. The zero-order chi connectivity index (χ0) is 12.5. The standard InChI is InChI=1S/C10H7FN4O3/c1-16-7-3-6-8(2-5(7)11)18-9(13-6)14-10-15-12-4-17-10/h2-4H,1H3,(H,13,14,15). The number of nitrogens with zero attached hydrogens (tertiary/aromatic N) is 3. The summed E-state index contributed by atoms with van der Waals surface area (Å²) in [5.74, 6) is -0.425. The number of anilines is 2. The summed E-state index contributed by atoms with van der Waals surface area (Å²) in [6.07, 6.45) is 1.16. The summed E-state index contributed by atoms with van der Waals surface area (Å²) in [6, 6.07) is 2.89. The van der Waals surface area contributed by atoms with E-state index in [2.05, 4.69) is 20.5 Å². The Labute approximate surface area is 99.6 Å². The van der Waals surface area contributed by atoms with Crippen molar-refractivity contribution in [2.75, 3.05) is 12.4 Å². The molecule has 7 nitrogen and oxygen atoms in total. The van der Waals surface area contributed by atoms with Crippen molar-refractivity contribution < 1.29 is 18.0 Å². The van der Waals surface area contributed by atoms with E-state index in [4.69, 9.17) is 13.6 Å². The molecule has 0 spiro atoms. The van der Waals surface area contributed by atoms with E-state index in [0.29, 0.717) is 5.52 Å². The smallest absolute Gasteiger partial charge is 0.323 e. The lowest BCUT2D eigenvalue weighted by atomic mass is 10.3. The molecule has 0 fully saturated rings. The maximum atomic E-state index is 13.4. The van der Waals surface area contributed by atoms with Gasteiger partial charge in [-0.1, -0.05) is 5.10 Å². The minimum Gasteiger partial charge on any atom is -0.494 e. The predicted octanol–water partition coefficient (Wildman–Crippen LogP) is 2.10. The highest BCUT2D eigenvalue weighted by atomic mass is 19.1. The topological polar surface area (TPSA) is 86.2 Å². The Morgan fingerprint density at radius 1 is 1.33 bits per heavy atom. The zero-order valence-electron chi connectivity index (χ0n) is 9.18. The van der Waals surface area contributed by atoms with E-state index in [0.717, 1.165) is 6.39 Å². The molecule has 0 bridgehead atoms. The highest BCUT2D eigenvalue weighted by Gasteiger charge is 2.12. The van der Waals surface area contributed by atoms with Gasteiger partial charge in [0.25, 0.3) is 0 Å². The first-order valence-electron chi connectivity index (χ1n) is 4.93. The Balaban J connectivity index is 2.00. The van der Waals surface area contributed by atoms with E-state index in [1.807, 2.05) is 0 Å². The monoisotopic (exact) mass is 250 g/mol. The fourth-order valence-corrected chi connectivity index (χ4v) is 1.46. The van der Waals surface area contributed by atoms with Gasteiger partial charge in [-0.15, -0.1) is 5.10 Å². The molecule has 0 amide bonds. The summed E-state index contributed by atoms with van der Waals surface area (Å²) in [7, 11) is 1.38. The van der Waals surface area contributed by atoms with Gasteiger partial charge < -0.3 is 13.6 Å². The second kappa shape index (κ2) is 3.99. The van der Waals surface area contributed by atoms with Gasteiger partial charge in [-0.25, -0.2) is 4.39 Å². The van der Waals surface area contributed by atoms with Crippen LogP contribution < -0.4 is 10.1 Å². The van der Waals surface area contributed by atoms with Crippen molar-refractivity contribution in [3.8, 4) is 5.75 Å². The van der Waals surface area contributed by atoms with E-state index >= 15 is 0 Å². The van der Waals surface area contributed by atoms with Gasteiger partial charge in [0.05, 0.1) is 7.11 Å². The molecule has 2 heterocycles. The molecule has 2 aromatic heterocycles. The van der Waals surface area contributed by atoms with Crippen LogP contribution in [0.3, 0.4) is 0 Å². The summed E-state index contributed by atoms with van der Waals surface area (Å²) in [5, 5.41) is 9.74. The number of ether oxygens (including phenoxy) is 1. The van der Waals surface area contributed by atoms with Crippen molar-refractivity contribution in [3.05, 3.63) is 24.3 Å². The van der Waals surface area contributed by atoms with Gasteiger partial charge >= 0.3 is 12.0 Å². The molecule has 18 heavy (non-hydrogen) atoms. The molecule has 3 rings (SSSR count). The molecule has 1 aromatic carbocycles. The Morgan fingerprint density at radius 3 is 2.94 bits per heavy atom. The lowest BCUT2D eigenvalue weighted by molar-refractivity contribution is 0.387. The van der Waals surface area contributed by atoms with Gasteiger partial charge in [0.15, 0.2) is 17.1 Å². The number of nitrogens with one attached hydrogen (secondary N) is 1. The van der Waals surface area contributed by atoms with Crippen LogP contribution in [0.2, 0.25) is 0 Å². The van der Waals surface area contributed by atoms with E-state index in [1.54, 1.807) is 0 Å². The number of halogens is 1. The van der Waals surface area contributed by atoms with Crippen molar-refractivity contribution in [2.45, 2.75) is 0 Å². The molecular weight excluding hydrogens is 243 g/mol. The van der Waals surface area contributed by atoms with Crippen LogP contribution in [-0.4, -0.2) is 22.3 Å². The molecule has 8 heteroatoms. The van der Waals surface area contributed by atoms with E-state index in [9.17, 15) is 4.39 Å². The minimum absolute atomic E-state index is 0.0974. The van der Waals surface area contributed by atoms with Crippen molar-refractivity contribution >= 4 is 23.1 Å². The summed E-state index contributed by atoms with van der Waals surface area (Å²) < 4.78 is 28.4. The van der Waals surface area contributed by atoms with Gasteiger partial charge in [-0.3, -0.25) is 5.32 Å². The van der Waals surface area contributed by atoms with Gasteiger partial charge in [0.2, 0.25) is 6.39 Å². The summed E-state index contributed by atoms with van der Waals surface area (Å²) in [5.41, 5.74) is 0.741. The number of benzene rings is 1. The zero-order valence-corrected chi connectivity index (χ0v) is 9.18. The summed E-state index contributed by atoms with van der Waals surface area (Å²) in [4.78, 5) is 4.09. The number of rotatable bonds is 3. The molecular formula is C10H7FN4O3. The lowest BCUT2D eigenvalue weighted by Gasteiger charge is -1.98. The second-order valence-electron chi connectivity index (χ2n) is 3.34. The average Bonchev–Trinajstić information content (AvgIpc) is 2.97. The number of hydrogen-bond donors (Lipinski definition) is 1. The van der Waals surface area contributed by atoms with E-state index < -0.39 is 5.82 Å². The van der Waals surface area contributed by atoms with Crippen molar-refractivity contribution in [2.24, 2.45) is 0 Å². The number of fused-ring (bicyclic) bond motifs is 1. The Hall–Kier alpha value is -2.64. The maximum Gasteiger partial charge on any atom is 0.323 e. The van der Waals surface area contributed by atoms with E-state index in [-0.39, 0.29) is 23.4 Å².